The van der Waals surface area contributed by atoms with E-state index in [1.807, 2.05) is 6.07 Å². The third-order valence-electron chi connectivity index (χ3n) is 4.69. The van der Waals surface area contributed by atoms with E-state index in [0.717, 1.165) is 37.7 Å². The van der Waals surface area contributed by atoms with Crippen molar-refractivity contribution in [1.82, 2.24) is 9.80 Å². The maximum absolute atomic E-state index is 11.6. The molecular weight excluding hydrogens is 314 g/mol. The Bertz CT molecular complexity index is 553. The normalized spacial score (nSPS) is 19.2. The Morgan fingerprint density at radius 2 is 1.83 bits per heavy atom. The van der Waals surface area contributed by atoms with Gasteiger partial charge < -0.3 is 14.5 Å². The third kappa shape index (κ3) is 3.90. The molecule has 3 rings (SSSR count). The van der Waals surface area contributed by atoms with Gasteiger partial charge in [0.1, 0.15) is 0 Å². The van der Waals surface area contributed by atoms with Crippen LogP contribution in [0, 0.1) is 0 Å². The van der Waals surface area contributed by atoms with E-state index in [-0.39, 0.29) is 6.09 Å². The fourth-order valence-electron chi connectivity index (χ4n) is 3.41. The van der Waals surface area contributed by atoms with E-state index >= 15 is 0 Å². The fraction of sp³-hybridized carbons (Fsp3) is 0.588. The van der Waals surface area contributed by atoms with Crippen LogP contribution in [0.1, 0.15) is 18.4 Å². The van der Waals surface area contributed by atoms with Crippen molar-refractivity contribution in [1.29, 1.82) is 0 Å². The number of methoxy groups -OCH3 is 1. The van der Waals surface area contributed by atoms with E-state index < -0.39 is 0 Å². The number of hydrogen-bond acceptors (Lipinski definition) is 4. The molecule has 2 fully saturated rings. The number of amides is 1. The highest BCUT2D eigenvalue weighted by molar-refractivity contribution is 6.30. The van der Waals surface area contributed by atoms with E-state index in [4.69, 9.17) is 16.3 Å². The summed E-state index contributed by atoms with van der Waals surface area (Å²) in [6, 6.07) is 6.21. The Morgan fingerprint density at radius 3 is 2.48 bits per heavy atom. The molecule has 0 radical (unpaired) electrons. The van der Waals surface area contributed by atoms with E-state index in [0.29, 0.717) is 13.1 Å². The van der Waals surface area contributed by atoms with Crippen LogP contribution in [0.4, 0.5) is 10.5 Å². The summed E-state index contributed by atoms with van der Waals surface area (Å²) in [4.78, 5) is 18.2. The zero-order valence-electron chi connectivity index (χ0n) is 13.6. The number of anilines is 1. The number of benzene rings is 1. The lowest BCUT2D eigenvalue weighted by molar-refractivity contribution is 0.0889. The summed E-state index contributed by atoms with van der Waals surface area (Å²) in [5, 5.41) is 0.788. The molecule has 5 nitrogen and oxygen atoms in total. The molecule has 0 saturated carbocycles. The second-order valence-electron chi connectivity index (χ2n) is 6.20. The maximum atomic E-state index is 11.6. The smallest absolute Gasteiger partial charge is 0.409 e. The number of piperazine rings is 1. The second-order valence-corrected chi connectivity index (χ2v) is 6.64. The lowest BCUT2D eigenvalue weighted by Crippen LogP contribution is -2.48. The molecule has 23 heavy (non-hydrogen) atoms. The van der Waals surface area contributed by atoms with Crippen molar-refractivity contribution in [3.63, 3.8) is 0 Å². The first-order chi connectivity index (χ1) is 11.2. The zero-order valence-corrected chi connectivity index (χ0v) is 14.4. The summed E-state index contributed by atoms with van der Waals surface area (Å²) in [5.41, 5.74) is 2.59. The molecule has 2 heterocycles. The standard InChI is InChI=1S/C17H24ClN3O2/c1-23-17(22)21-10-8-19(9-11-21)13-14-12-15(18)4-5-16(14)20-6-2-3-7-20/h4-5,12H,2-3,6-11,13H2,1H3. The van der Waals surface area contributed by atoms with Crippen molar-refractivity contribution in [2.45, 2.75) is 19.4 Å². The van der Waals surface area contributed by atoms with Crippen LogP contribution in [0.25, 0.3) is 0 Å². The summed E-state index contributed by atoms with van der Waals surface area (Å²) in [5.74, 6) is 0. The van der Waals surface area contributed by atoms with Crippen molar-refractivity contribution in [3.05, 3.63) is 28.8 Å². The first-order valence-corrected chi connectivity index (χ1v) is 8.64. The van der Waals surface area contributed by atoms with Crippen LogP contribution < -0.4 is 4.90 Å². The summed E-state index contributed by atoms with van der Waals surface area (Å²) >= 11 is 6.22. The molecule has 2 aliphatic rings. The van der Waals surface area contributed by atoms with Gasteiger partial charge >= 0.3 is 6.09 Å². The molecule has 126 valence electrons. The third-order valence-corrected chi connectivity index (χ3v) is 4.92. The van der Waals surface area contributed by atoms with E-state index in [1.165, 1.54) is 31.2 Å². The van der Waals surface area contributed by atoms with Crippen LogP contribution in [0.15, 0.2) is 18.2 Å². The minimum absolute atomic E-state index is 0.231. The van der Waals surface area contributed by atoms with Crippen molar-refractivity contribution >= 4 is 23.4 Å². The summed E-state index contributed by atoms with van der Waals surface area (Å²) in [7, 11) is 1.43. The Kier molecular flexibility index (Phi) is 5.28. The minimum Gasteiger partial charge on any atom is -0.453 e. The molecule has 0 unspecified atom stereocenters. The summed E-state index contributed by atoms with van der Waals surface area (Å²) < 4.78 is 4.79. The number of rotatable bonds is 3. The average Bonchev–Trinajstić information content (AvgIpc) is 3.09. The molecule has 0 aliphatic carbocycles. The van der Waals surface area contributed by atoms with Crippen LogP contribution in [0.2, 0.25) is 5.02 Å². The molecule has 0 bridgehead atoms. The molecular formula is C17H24ClN3O2. The highest BCUT2D eigenvalue weighted by atomic mass is 35.5. The van der Waals surface area contributed by atoms with Crippen LogP contribution in [0.5, 0.6) is 0 Å². The Hall–Kier alpha value is -1.46. The molecule has 0 spiro atoms. The lowest BCUT2D eigenvalue weighted by atomic mass is 10.1. The monoisotopic (exact) mass is 337 g/mol. The molecule has 2 saturated heterocycles. The second kappa shape index (κ2) is 7.41. The summed E-state index contributed by atoms with van der Waals surface area (Å²) in [6.45, 7) is 6.29. The van der Waals surface area contributed by atoms with Gasteiger partial charge in [0.25, 0.3) is 0 Å². The summed E-state index contributed by atoms with van der Waals surface area (Å²) in [6.07, 6.45) is 2.30. The first-order valence-electron chi connectivity index (χ1n) is 8.26. The number of halogens is 1. The Morgan fingerprint density at radius 1 is 1.13 bits per heavy atom. The quantitative estimate of drug-likeness (QED) is 0.849. The number of carbonyl (C=O) groups is 1. The number of nitrogens with zero attached hydrogens (tertiary/aromatic N) is 3. The lowest BCUT2D eigenvalue weighted by Gasteiger charge is -2.34. The fourth-order valence-corrected chi connectivity index (χ4v) is 3.60. The first kappa shape index (κ1) is 16.4. The predicted molar refractivity (Wildman–Crippen MR) is 92.2 cm³/mol. The Labute approximate surface area is 142 Å². The highest BCUT2D eigenvalue weighted by Gasteiger charge is 2.23. The van der Waals surface area contributed by atoms with Gasteiger partial charge in [-0.15, -0.1) is 0 Å². The van der Waals surface area contributed by atoms with E-state index in [1.54, 1.807) is 4.90 Å². The van der Waals surface area contributed by atoms with Crippen LogP contribution in [-0.2, 0) is 11.3 Å². The van der Waals surface area contributed by atoms with Gasteiger partial charge in [-0.1, -0.05) is 11.6 Å². The van der Waals surface area contributed by atoms with Crippen LogP contribution >= 0.6 is 11.6 Å². The predicted octanol–water partition coefficient (Wildman–Crippen LogP) is 2.82. The van der Waals surface area contributed by atoms with Gasteiger partial charge in [-0.2, -0.15) is 0 Å². The molecule has 1 aromatic rings. The van der Waals surface area contributed by atoms with Gasteiger partial charge in [-0.3, -0.25) is 4.90 Å². The molecule has 0 N–H and O–H groups in total. The van der Waals surface area contributed by atoms with Crippen molar-refractivity contribution in [2.75, 3.05) is 51.3 Å². The van der Waals surface area contributed by atoms with Gasteiger partial charge in [0.05, 0.1) is 7.11 Å². The number of carbonyl (C=O) groups excluding carboxylic acids is 1. The largest absolute Gasteiger partial charge is 0.453 e. The minimum atomic E-state index is -0.231. The molecule has 2 aliphatic heterocycles. The SMILES string of the molecule is COC(=O)N1CCN(Cc2cc(Cl)ccc2N2CCCC2)CC1. The van der Waals surface area contributed by atoms with Crippen molar-refractivity contribution in [3.8, 4) is 0 Å². The topological polar surface area (TPSA) is 36.0 Å². The van der Waals surface area contributed by atoms with Crippen LogP contribution in [-0.4, -0.2) is 62.3 Å². The highest BCUT2D eigenvalue weighted by Crippen LogP contribution is 2.28. The molecule has 0 aromatic heterocycles. The number of hydrogen-bond donors (Lipinski definition) is 0. The zero-order chi connectivity index (χ0) is 16.2. The van der Waals surface area contributed by atoms with Gasteiger partial charge in [-0.25, -0.2) is 4.79 Å². The molecule has 1 amide bonds. The van der Waals surface area contributed by atoms with Gasteiger partial charge in [0.2, 0.25) is 0 Å². The Balaban J connectivity index is 1.66. The molecule has 1 aromatic carbocycles. The van der Waals surface area contributed by atoms with Gasteiger partial charge in [0.15, 0.2) is 0 Å². The number of ether oxygens (including phenoxy) is 1. The molecule has 6 heteroatoms. The van der Waals surface area contributed by atoms with Crippen molar-refractivity contribution < 1.29 is 9.53 Å². The van der Waals surface area contributed by atoms with Crippen molar-refractivity contribution in [2.24, 2.45) is 0 Å². The van der Waals surface area contributed by atoms with Gasteiger partial charge in [0, 0.05) is 56.5 Å². The molecule has 0 atom stereocenters. The van der Waals surface area contributed by atoms with Crippen LogP contribution in [0.3, 0.4) is 0 Å². The van der Waals surface area contributed by atoms with E-state index in [2.05, 4.69) is 21.9 Å². The maximum Gasteiger partial charge on any atom is 0.409 e. The average molecular weight is 338 g/mol. The van der Waals surface area contributed by atoms with E-state index in [9.17, 15) is 4.79 Å². The van der Waals surface area contributed by atoms with Gasteiger partial charge in [-0.05, 0) is 36.6 Å².